The van der Waals surface area contributed by atoms with Gasteiger partial charge in [-0.3, -0.25) is 4.79 Å². The van der Waals surface area contributed by atoms with Crippen LogP contribution in [0.15, 0.2) is 12.2 Å². The molecule has 0 aliphatic carbocycles. The lowest BCUT2D eigenvalue weighted by atomic mass is 9.97. The third-order valence-electron chi connectivity index (χ3n) is 3.58. The van der Waals surface area contributed by atoms with Crippen molar-refractivity contribution in [2.24, 2.45) is 0 Å². The molecule has 96 valence electrons. The van der Waals surface area contributed by atoms with Crippen molar-refractivity contribution in [3.63, 3.8) is 0 Å². The summed E-state index contributed by atoms with van der Waals surface area (Å²) in [5, 5.41) is 0. The van der Waals surface area contributed by atoms with Gasteiger partial charge in [-0.25, -0.2) is 0 Å². The second-order valence-electron chi connectivity index (χ2n) is 4.81. The van der Waals surface area contributed by atoms with Gasteiger partial charge in [-0.05, 0) is 31.8 Å². The number of carbonyl (C=O) groups excluding carboxylic acids is 1. The molecule has 17 heavy (non-hydrogen) atoms. The number of fused-ring (bicyclic) bond motifs is 1. The Morgan fingerprint density at radius 3 is 3.06 bits per heavy atom. The lowest BCUT2D eigenvalue weighted by Crippen LogP contribution is -2.33. The molecule has 0 bridgehead atoms. The van der Waals surface area contributed by atoms with Crippen LogP contribution in [0.2, 0.25) is 0 Å². The Labute approximate surface area is 102 Å². The number of methoxy groups -OCH3 is 1. The average Bonchev–Trinajstić information content (AvgIpc) is 2.63. The molecule has 4 nitrogen and oxygen atoms in total. The minimum Gasteiger partial charge on any atom is -0.455 e. The monoisotopic (exact) mass is 240 g/mol. The molecular formula is C13H20O4. The van der Waals surface area contributed by atoms with Crippen LogP contribution in [-0.2, 0) is 19.0 Å². The van der Waals surface area contributed by atoms with E-state index in [1.807, 2.05) is 6.92 Å². The lowest BCUT2D eigenvalue weighted by Gasteiger charge is -2.23. The molecule has 4 heteroatoms. The minimum absolute atomic E-state index is 0.00787. The number of esters is 1. The van der Waals surface area contributed by atoms with Crippen molar-refractivity contribution in [1.82, 2.24) is 0 Å². The van der Waals surface area contributed by atoms with Crippen LogP contribution < -0.4 is 0 Å². The zero-order valence-corrected chi connectivity index (χ0v) is 10.5. The number of hydrogen-bond acceptors (Lipinski definition) is 4. The zero-order chi connectivity index (χ0) is 12.4. The fourth-order valence-corrected chi connectivity index (χ4v) is 2.38. The fourth-order valence-electron chi connectivity index (χ4n) is 2.38. The molecule has 2 rings (SSSR count). The second kappa shape index (κ2) is 5.19. The van der Waals surface area contributed by atoms with Crippen LogP contribution in [0.4, 0.5) is 0 Å². The quantitative estimate of drug-likeness (QED) is 0.555. The molecule has 2 aliphatic heterocycles. The Balaban J connectivity index is 1.89. The van der Waals surface area contributed by atoms with Crippen molar-refractivity contribution in [2.75, 3.05) is 7.11 Å². The number of ether oxygens (including phenoxy) is 3. The lowest BCUT2D eigenvalue weighted by molar-refractivity contribution is -0.158. The molecule has 0 aromatic carbocycles. The van der Waals surface area contributed by atoms with E-state index in [9.17, 15) is 4.79 Å². The molecule has 2 aliphatic rings. The van der Waals surface area contributed by atoms with Crippen molar-refractivity contribution in [3.05, 3.63) is 12.2 Å². The van der Waals surface area contributed by atoms with Crippen molar-refractivity contribution >= 4 is 5.97 Å². The molecule has 0 spiro atoms. The van der Waals surface area contributed by atoms with E-state index in [1.165, 1.54) is 0 Å². The van der Waals surface area contributed by atoms with E-state index in [0.29, 0.717) is 6.42 Å². The van der Waals surface area contributed by atoms with Gasteiger partial charge in [0, 0.05) is 13.5 Å². The number of rotatable bonds is 4. The van der Waals surface area contributed by atoms with Gasteiger partial charge < -0.3 is 14.2 Å². The number of hydrogen-bond donors (Lipinski definition) is 0. The predicted octanol–water partition coefficient (Wildman–Crippen LogP) is 1.83. The normalized spacial score (nSPS) is 34.4. The Morgan fingerprint density at radius 2 is 2.35 bits per heavy atom. The molecule has 0 radical (unpaired) electrons. The van der Waals surface area contributed by atoms with Crippen molar-refractivity contribution in [1.29, 1.82) is 0 Å². The van der Waals surface area contributed by atoms with E-state index >= 15 is 0 Å². The van der Waals surface area contributed by atoms with Crippen LogP contribution >= 0.6 is 0 Å². The summed E-state index contributed by atoms with van der Waals surface area (Å²) in [6.45, 7) is 6.05. The first-order chi connectivity index (χ1) is 8.11. The highest BCUT2D eigenvalue weighted by Gasteiger charge is 2.43. The molecule has 0 saturated carbocycles. The predicted molar refractivity (Wildman–Crippen MR) is 62.6 cm³/mol. The van der Waals surface area contributed by atoms with Gasteiger partial charge >= 0.3 is 5.97 Å². The van der Waals surface area contributed by atoms with Crippen LogP contribution in [0, 0.1) is 0 Å². The van der Waals surface area contributed by atoms with E-state index < -0.39 is 0 Å². The first kappa shape index (κ1) is 12.6. The molecule has 2 saturated heterocycles. The maximum atomic E-state index is 11.2. The molecule has 2 fully saturated rings. The summed E-state index contributed by atoms with van der Waals surface area (Å²) in [6, 6.07) is 0. The third kappa shape index (κ3) is 2.69. The Hall–Kier alpha value is -0.870. The van der Waals surface area contributed by atoms with E-state index in [4.69, 9.17) is 14.2 Å². The van der Waals surface area contributed by atoms with Crippen molar-refractivity contribution in [3.8, 4) is 0 Å². The molecule has 0 amide bonds. The molecule has 2 heterocycles. The average molecular weight is 240 g/mol. The van der Waals surface area contributed by atoms with E-state index in [0.717, 1.165) is 24.8 Å². The smallest absolute Gasteiger partial charge is 0.306 e. The standard InChI is InChI=1S/C13H20O4/c1-8(15-3)4-5-10-9(2)13-11(16-10)6-7-12(14)17-13/h8,10-11,13H,2,4-7H2,1,3H3/t8?,10-,11-,13-/m0/s1. The Morgan fingerprint density at radius 1 is 1.59 bits per heavy atom. The summed E-state index contributed by atoms with van der Waals surface area (Å²) in [7, 11) is 1.70. The summed E-state index contributed by atoms with van der Waals surface area (Å²) in [5.41, 5.74) is 0.909. The first-order valence-electron chi connectivity index (χ1n) is 6.18. The van der Waals surface area contributed by atoms with Gasteiger partial charge in [0.25, 0.3) is 0 Å². The van der Waals surface area contributed by atoms with Gasteiger partial charge in [-0.15, -0.1) is 0 Å². The zero-order valence-electron chi connectivity index (χ0n) is 10.5. The van der Waals surface area contributed by atoms with E-state index in [1.54, 1.807) is 7.11 Å². The van der Waals surface area contributed by atoms with Crippen molar-refractivity contribution in [2.45, 2.75) is 57.0 Å². The molecule has 0 aromatic rings. The molecule has 1 unspecified atom stereocenters. The van der Waals surface area contributed by atoms with Gasteiger partial charge in [0.15, 0.2) is 6.10 Å². The SMILES string of the molecule is C=C1[C@H](CCC(C)OC)O[C@H]2CCC(=O)O[C@@H]12. The summed E-state index contributed by atoms with van der Waals surface area (Å²) >= 11 is 0. The number of carbonyl (C=O) groups is 1. The molecule has 0 aromatic heterocycles. The van der Waals surface area contributed by atoms with E-state index in [2.05, 4.69) is 6.58 Å². The summed E-state index contributed by atoms with van der Waals surface area (Å²) in [4.78, 5) is 11.2. The first-order valence-corrected chi connectivity index (χ1v) is 6.18. The summed E-state index contributed by atoms with van der Waals surface area (Å²) < 4.78 is 16.4. The van der Waals surface area contributed by atoms with Crippen LogP contribution in [-0.4, -0.2) is 37.5 Å². The largest absolute Gasteiger partial charge is 0.455 e. The van der Waals surface area contributed by atoms with Crippen LogP contribution in [0.1, 0.15) is 32.6 Å². The maximum Gasteiger partial charge on any atom is 0.306 e. The van der Waals surface area contributed by atoms with Gasteiger partial charge in [0.05, 0.1) is 18.3 Å². The topological polar surface area (TPSA) is 44.8 Å². The second-order valence-corrected chi connectivity index (χ2v) is 4.81. The summed E-state index contributed by atoms with van der Waals surface area (Å²) in [6.07, 6.45) is 3.02. The third-order valence-corrected chi connectivity index (χ3v) is 3.58. The highest BCUT2D eigenvalue weighted by Crippen LogP contribution is 2.35. The van der Waals surface area contributed by atoms with Gasteiger partial charge in [0.2, 0.25) is 0 Å². The molecule has 0 N–H and O–H groups in total. The Kier molecular flexibility index (Phi) is 3.84. The molecule has 4 atom stereocenters. The van der Waals surface area contributed by atoms with Crippen LogP contribution in [0.5, 0.6) is 0 Å². The minimum atomic E-state index is -0.223. The van der Waals surface area contributed by atoms with E-state index in [-0.39, 0.29) is 30.4 Å². The van der Waals surface area contributed by atoms with Crippen LogP contribution in [0.3, 0.4) is 0 Å². The maximum absolute atomic E-state index is 11.2. The fraction of sp³-hybridized carbons (Fsp3) is 0.769. The van der Waals surface area contributed by atoms with Gasteiger partial charge in [-0.2, -0.15) is 0 Å². The van der Waals surface area contributed by atoms with Gasteiger partial charge in [0.1, 0.15) is 0 Å². The van der Waals surface area contributed by atoms with Crippen molar-refractivity contribution < 1.29 is 19.0 Å². The summed E-state index contributed by atoms with van der Waals surface area (Å²) in [5.74, 6) is -0.137. The van der Waals surface area contributed by atoms with Gasteiger partial charge in [-0.1, -0.05) is 6.58 Å². The Bertz CT molecular complexity index is 313. The van der Waals surface area contributed by atoms with Crippen LogP contribution in [0.25, 0.3) is 0 Å². The highest BCUT2D eigenvalue weighted by molar-refractivity contribution is 5.71. The highest BCUT2D eigenvalue weighted by atomic mass is 16.6. The molecular weight excluding hydrogens is 220 g/mol.